The fourth-order valence-electron chi connectivity index (χ4n) is 5.37. The van der Waals surface area contributed by atoms with E-state index in [0.29, 0.717) is 31.3 Å². The highest BCUT2D eigenvalue weighted by Gasteiger charge is 2.62. The number of carbonyl (C=O) groups is 2. The molecule has 1 aliphatic heterocycles. The topological polar surface area (TPSA) is 123 Å². The van der Waals surface area contributed by atoms with Crippen molar-refractivity contribution in [2.45, 2.75) is 44.1 Å². The Labute approximate surface area is 197 Å². The van der Waals surface area contributed by atoms with Gasteiger partial charge >= 0.3 is 6.09 Å². The fourth-order valence-corrected chi connectivity index (χ4v) is 5.54. The second-order valence-electron chi connectivity index (χ2n) is 9.64. The summed E-state index contributed by atoms with van der Waals surface area (Å²) in [6, 6.07) is 0. The Hall–Kier alpha value is -2.40. The number of carboxylic acid groups (broad SMARTS) is 1. The minimum atomic E-state index is -1.19. The summed E-state index contributed by atoms with van der Waals surface area (Å²) < 4.78 is 15.3. The van der Waals surface area contributed by atoms with Gasteiger partial charge in [0.1, 0.15) is 0 Å². The number of nitrogens with zero attached hydrogens (tertiary/aromatic N) is 4. The second kappa shape index (κ2) is 9.46. The first-order valence-corrected chi connectivity index (χ1v) is 11.8. The van der Waals surface area contributed by atoms with Crippen molar-refractivity contribution in [3.8, 4) is 0 Å². The van der Waals surface area contributed by atoms with Crippen LogP contribution in [0.15, 0.2) is 0 Å². The Kier molecular flexibility index (Phi) is 6.81. The lowest BCUT2D eigenvalue weighted by molar-refractivity contribution is -0.124. The van der Waals surface area contributed by atoms with Gasteiger partial charge in [0.25, 0.3) is 0 Å². The summed E-state index contributed by atoms with van der Waals surface area (Å²) in [7, 11) is 4.05. The molecule has 1 aromatic rings. The van der Waals surface area contributed by atoms with E-state index >= 15 is 4.39 Å². The highest BCUT2D eigenvalue weighted by Crippen LogP contribution is 2.53. The zero-order valence-corrected chi connectivity index (χ0v) is 19.7. The third-order valence-electron chi connectivity index (χ3n) is 7.37. The summed E-state index contributed by atoms with van der Waals surface area (Å²) >= 11 is 6.07. The van der Waals surface area contributed by atoms with Gasteiger partial charge in [-0.25, -0.2) is 4.79 Å². The maximum absolute atomic E-state index is 15.3. The Bertz CT molecular complexity index is 914. The van der Waals surface area contributed by atoms with E-state index in [1.165, 1.54) is 0 Å². The van der Waals surface area contributed by atoms with E-state index in [2.05, 4.69) is 31.0 Å². The number of fused-ring (bicyclic) bond motifs is 1. The molecule has 0 aromatic carbocycles. The van der Waals surface area contributed by atoms with Gasteiger partial charge in [0.05, 0.1) is 5.92 Å². The number of rotatable bonds is 9. The fraction of sp³-hybridized carbons (Fsp3) is 0.714. The highest BCUT2D eigenvalue weighted by molar-refractivity contribution is 6.28. The predicted molar refractivity (Wildman–Crippen MR) is 122 cm³/mol. The summed E-state index contributed by atoms with van der Waals surface area (Å²) in [5.74, 6) is -0.985. The molecule has 2 amide bonds. The van der Waals surface area contributed by atoms with Crippen molar-refractivity contribution >= 4 is 35.2 Å². The zero-order valence-electron chi connectivity index (χ0n) is 18.9. The van der Waals surface area contributed by atoms with Crippen LogP contribution in [0.2, 0.25) is 5.28 Å². The Morgan fingerprint density at radius 1 is 1.33 bits per heavy atom. The van der Waals surface area contributed by atoms with E-state index in [1.54, 1.807) is 0 Å². The van der Waals surface area contributed by atoms with Crippen LogP contribution in [0.4, 0.5) is 20.8 Å². The van der Waals surface area contributed by atoms with Crippen LogP contribution < -0.4 is 21.1 Å². The number of hydrogen-bond donors (Lipinski definition) is 4. The van der Waals surface area contributed by atoms with Crippen molar-refractivity contribution in [1.29, 1.82) is 0 Å². The van der Waals surface area contributed by atoms with Gasteiger partial charge in [-0.15, -0.1) is 0 Å². The molecular formula is C21H31ClFN7O3. The Morgan fingerprint density at radius 2 is 2.06 bits per heavy atom. The molecule has 3 atom stereocenters. The van der Waals surface area contributed by atoms with Gasteiger partial charge in [-0.05, 0) is 50.4 Å². The lowest BCUT2D eigenvalue weighted by atomic mass is 9.92. The molecule has 1 saturated heterocycles. The first-order valence-electron chi connectivity index (χ1n) is 11.4. The summed E-state index contributed by atoms with van der Waals surface area (Å²) in [4.78, 5) is 35.8. The third-order valence-corrected chi connectivity index (χ3v) is 7.54. The van der Waals surface area contributed by atoms with Gasteiger partial charge in [0.2, 0.25) is 17.0 Å². The van der Waals surface area contributed by atoms with E-state index in [0.717, 1.165) is 32.1 Å². The van der Waals surface area contributed by atoms with E-state index < -0.39 is 23.7 Å². The number of piperidine rings is 1. The molecule has 3 fully saturated rings. The number of hydrazine groups is 1. The average Bonchev–Trinajstić information content (AvgIpc) is 3.10. The highest BCUT2D eigenvalue weighted by atomic mass is 35.5. The smallest absolute Gasteiger partial charge is 0.404 e. The molecule has 4 N–H and O–H groups in total. The number of nitrogens with one attached hydrogen (secondary N) is 3. The molecule has 2 unspecified atom stereocenters. The summed E-state index contributed by atoms with van der Waals surface area (Å²) in [6.45, 7) is 1.31. The van der Waals surface area contributed by atoms with Crippen molar-refractivity contribution < 1.29 is 19.1 Å². The minimum absolute atomic E-state index is 0.0145. The van der Waals surface area contributed by atoms with Crippen molar-refractivity contribution in [2.24, 2.45) is 17.8 Å². The van der Waals surface area contributed by atoms with Crippen LogP contribution in [0.5, 0.6) is 0 Å². The standard InChI is InChI=1S/C21H31ClFN7O3/c1-29(2)21-8-14(21)10-30(11-21)17-15(23)16(25-19(22)26-17)27-28-18(31)13(9-24-20(32)33)7-12-5-3-4-6-12/h12-14,24H,3-11H2,1-2H3,(H,28,31)(H,32,33)(H,25,26,27)/t13-,14?,21?/m1/s1. The SMILES string of the molecule is CN(C)C12CC1CN(c1nc(Cl)nc(NNC(=O)[C@@H](CNC(=O)O)CC3CCCC3)c1F)C2. The number of aromatic nitrogens is 2. The number of likely N-dealkylation sites (N-methyl/N-ethyl adjacent to an activating group) is 1. The first-order chi connectivity index (χ1) is 15.7. The van der Waals surface area contributed by atoms with Crippen LogP contribution in [0.3, 0.4) is 0 Å². The van der Waals surface area contributed by atoms with Crippen molar-refractivity contribution in [3.63, 3.8) is 0 Å². The van der Waals surface area contributed by atoms with E-state index in [1.807, 2.05) is 19.0 Å². The zero-order chi connectivity index (χ0) is 23.8. The number of carbonyl (C=O) groups excluding carboxylic acids is 1. The van der Waals surface area contributed by atoms with Crippen molar-refractivity contribution in [2.75, 3.05) is 44.1 Å². The van der Waals surface area contributed by atoms with Gasteiger partial charge in [0.15, 0.2) is 11.6 Å². The maximum Gasteiger partial charge on any atom is 0.404 e. The van der Waals surface area contributed by atoms with Gasteiger partial charge in [-0.3, -0.25) is 15.6 Å². The molecule has 182 valence electrons. The monoisotopic (exact) mass is 483 g/mol. The van der Waals surface area contributed by atoms with E-state index in [9.17, 15) is 9.59 Å². The number of anilines is 2. The van der Waals surface area contributed by atoms with Crippen LogP contribution in [0.25, 0.3) is 0 Å². The molecule has 1 aromatic heterocycles. The first kappa shape index (κ1) is 23.7. The number of halogens is 2. The van der Waals surface area contributed by atoms with E-state index in [4.69, 9.17) is 16.7 Å². The molecule has 0 spiro atoms. The van der Waals surface area contributed by atoms with Crippen molar-refractivity contribution in [3.05, 3.63) is 11.1 Å². The average molecular weight is 484 g/mol. The maximum atomic E-state index is 15.3. The number of amides is 2. The molecule has 33 heavy (non-hydrogen) atoms. The van der Waals surface area contributed by atoms with Gasteiger partial charge in [-0.1, -0.05) is 25.7 Å². The molecule has 4 rings (SSSR count). The van der Waals surface area contributed by atoms with Crippen LogP contribution in [0.1, 0.15) is 38.5 Å². The van der Waals surface area contributed by atoms with Crippen LogP contribution in [0, 0.1) is 23.6 Å². The lowest BCUT2D eigenvalue weighted by Crippen LogP contribution is -2.42. The van der Waals surface area contributed by atoms with Gasteiger partial charge in [0, 0.05) is 25.2 Å². The largest absolute Gasteiger partial charge is 0.465 e. The van der Waals surface area contributed by atoms with Crippen LogP contribution in [-0.4, -0.2) is 71.2 Å². The molecule has 2 heterocycles. The quantitative estimate of drug-likeness (QED) is 0.312. The molecule has 2 saturated carbocycles. The molecular weight excluding hydrogens is 453 g/mol. The summed E-state index contributed by atoms with van der Waals surface area (Å²) in [5, 5.41) is 11.1. The van der Waals surface area contributed by atoms with Gasteiger partial charge < -0.3 is 20.2 Å². The van der Waals surface area contributed by atoms with Gasteiger partial charge in [-0.2, -0.15) is 14.4 Å². The molecule has 10 nitrogen and oxygen atoms in total. The molecule has 2 aliphatic carbocycles. The summed E-state index contributed by atoms with van der Waals surface area (Å²) in [6.07, 6.45) is 4.72. The van der Waals surface area contributed by atoms with Crippen LogP contribution in [-0.2, 0) is 4.79 Å². The lowest BCUT2D eigenvalue weighted by Gasteiger charge is -2.26. The second-order valence-corrected chi connectivity index (χ2v) is 9.98. The van der Waals surface area contributed by atoms with Crippen LogP contribution >= 0.6 is 11.6 Å². The molecule has 0 radical (unpaired) electrons. The third kappa shape index (κ3) is 5.08. The predicted octanol–water partition coefficient (Wildman–Crippen LogP) is 2.32. The minimum Gasteiger partial charge on any atom is -0.465 e. The molecule has 12 heteroatoms. The van der Waals surface area contributed by atoms with Crippen molar-refractivity contribution in [1.82, 2.24) is 25.6 Å². The van der Waals surface area contributed by atoms with E-state index in [-0.39, 0.29) is 29.0 Å². The Morgan fingerprint density at radius 3 is 2.70 bits per heavy atom. The number of hydrogen-bond acceptors (Lipinski definition) is 7. The normalized spacial score (nSPS) is 25.1. The molecule has 0 bridgehead atoms. The summed E-state index contributed by atoms with van der Waals surface area (Å²) in [5.41, 5.74) is 5.07. The Balaban J connectivity index is 1.42. The molecule has 3 aliphatic rings.